The van der Waals surface area contributed by atoms with Crippen LogP contribution in [0.3, 0.4) is 0 Å². The van der Waals surface area contributed by atoms with Crippen LogP contribution in [0.2, 0.25) is 0 Å². The van der Waals surface area contributed by atoms with Crippen molar-refractivity contribution in [1.29, 1.82) is 0 Å². The molecule has 0 radical (unpaired) electrons. The molecular formula is C22H32Cl2N2O2. The Morgan fingerprint density at radius 3 is 1.29 bits per heavy atom. The Hall–Kier alpha value is -1.14. The number of hydrogen-bond donors (Lipinski definition) is 4. The second kappa shape index (κ2) is 13.2. The lowest BCUT2D eigenvalue weighted by atomic mass is 9.88. The first-order valence-electron chi connectivity index (χ1n) is 9.63. The van der Waals surface area contributed by atoms with E-state index >= 15 is 0 Å². The van der Waals surface area contributed by atoms with Crippen LogP contribution in [0.25, 0.3) is 0 Å². The molecule has 2 aromatic carbocycles. The van der Waals surface area contributed by atoms with E-state index in [0.29, 0.717) is 11.8 Å². The van der Waals surface area contributed by atoms with E-state index in [0.717, 1.165) is 39.0 Å². The summed E-state index contributed by atoms with van der Waals surface area (Å²) in [5, 5.41) is 25.9. The number of rotatable bonds is 2. The maximum atomic E-state index is 9.76. The molecule has 0 bridgehead atoms. The van der Waals surface area contributed by atoms with Crippen LogP contribution in [0.4, 0.5) is 0 Å². The van der Waals surface area contributed by atoms with Gasteiger partial charge in [0.1, 0.15) is 0 Å². The van der Waals surface area contributed by atoms with Crippen LogP contribution in [-0.4, -0.2) is 48.6 Å². The molecule has 4 nitrogen and oxygen atoms in total. The fourth-order valence-corrected chi connectivity index (χ4v) is 3.86. The third kappa shape index (κ3) is 7.03. The Balaban J connectivity index is 0.000000261. The highest BCUT2D eigenvalue weighted by molar-refractivity contribution is 5.85. The van der Waals surface area contributed by atoms with E-state index in [-0.39, 0.29) is 37.0 Å². The third-order valence-corrected chi connectivity index (χ3v) is 5.36. The van der Waals surface area contributed by atoms with Crippen LogP contribution in [0, 0.1) is 0 Å². The zero-order valence-electron chi connectivity index (χ0n) is 16.0. The Bertz CT molecular complexity index is 588. The smallest absolute Gasteiger partial charge is 0.0733 e. The monoisotopic (exact) mass is 426 g/mol. The van der Waals surface area contributed by atoms with Gasteiger partial charge in [-0.1, -0.05) is 60.7 Å². The lowest BCUT2D eigenvalue weighted by Crippen LogP contribution is -2.39. The van der Waals surface area contributed by atoms with Gasteiger partial charge in [-0.25, -0.2) is 0 Å². The Labute approximate surface area is 180 Å². The molecule has 2 saturated heterocycles. The Morgan fingerprint density at radius 1 is 0.607 bits per heavy atom. The normalized spacial score (nSPS) is 26.6. The largest absolute Gasteiger partial charge is 0.391 e. The highest BCUT2D eigenvalue weighted by Crippen LogP contribution is 2.25. The summed E-state index contributed by atoms with van der Waals surface area (Å²) >= 11 is 0. The molecule has 0 unspecified atom stereocenters. The van der Waals surface area contributed by atoms with Crippen molar-refractivity contribution < 1.29 is 10.2 Å². The molecule has 2 aliphatic heterocycles. The van der Waals surface area contributed by atoms with Gasteiger partial charge in [-0.2, -0.15) is 0 Å². The summed E-state index contributed by atoms with van der Waals surface area (Å²) < 4.78 is 0. The molecule has 0 saturated carbocycles. The van der Waals surface area contributed by atoms with E-state index in [1.54, 1.807) is 0 Å². The molecule has 0 amide bonds. The average Bonchev–Trinajstić information content (AvgIpc) is 2.71. The molecule has 4 N–H and O–H groups in total. The quantitative estimate of drug-likeness (QED) is 0.595. The SMILES string of the molecule is Cl.Cl.O[C@@H]1CNCC[C@H]1c1ccccc1.O[C@H]1CNCC[C@@H]1c1ccccc1. The molecule has 4 atom stereocenters. The lowest BCUT2D eigenvalue weighted by Gasteiger charge is -2.28. The predicted octanol–water partition coefficient (Wildman–Crippen LogP) is 3.09. The molecule has 2 heterocycles. The molecule has 4 rings (SSSR count). The molecule has 28 heavy (non-hydrogen) atoms. The third-order valence-electron chi connectivity index (χ3n) is 5.36. The number of aliphatic hydroxyl groups excluding tert-OH is 2. The van der Waals surface area contributed by atoms with E-state index in [9.17, 15) is 10.2 Å². The van der Waals surface area contributed by atoms with Crippen molar-refractivity contribution in [2.24, 2.45) is 0 Å². The van der Waals surface area contributed by atoms with Gasteiger partial charge in [0.05, 0.1) is 12.2 Å². The van der Waals surface area contributed by atoms with Gasteiger partial charge in [0.2, 0.25) is 0 Å². The number of hydrogen-bond acceptors (Lipinski definition) is 4. The highest BCUT2D eigenvalue weighted by Gasteiger charge is 2.24. The minimum Gasteiger partial charge on any atom is -0.391 e. The van der Waals surface area contributed by atoms with Crippen LogP contribution in [0.1, 0.15) is 35.8 Å². The first-order chi connectivity index (χ1) is 12.8. The standard InChI is InChI=1S/2C11H15NO.2ClH/c2*13-11-8-12-7-6-10(11)9-4-2-1-3-5-9;;/h2*1-5,10-13H,6-8H2;2*1H/t2*10-,11+;;/m10../s1. The van der Waals surface area contributed by atoms with Crippen LogP contribution < -0.4 is 10.6 Å². The zero-order chi connectivity index (χ0) is 18.2. The van der Waals surface area contributed by atoms with E-state index in [1.165, 1.54) is 11.1 Å². The summed E-state index contributed by atoms with van der Waals surface area (Å²) in [4.78, 5) is 0. The second-order valence-corrected chi connectivity index (χ2v) is 7.15. The predicted molar refractivity (Wildman–Crippen MR) is 120 cm³/mol. The molecule has 0 aromatic heterocycles. The molecular weight excluding hydrogens is 395 g/mol. The maximum absolute atomic E-state index is 9.76. The second-order valence-electron chi connectivity index (χ2n) is 7.15. The van der Waals surface area contributed by atoms with E-state index < -0.39 is 0 Å². The van der Waals surface area contributed by atoms with E-state index in [1.807, 2.05) is 36.4 Å². The summed E-state index contributed by atoms with van der Waals surface area (Å²) in [6.07, 6.45) is 1.61. The van der Waals surface area contributed by atoms with Crippen molar-refractivity contribution in [1.82, 2.24) is 10.6 Å². The van der Waals surface area contributed by atoms with Gasteiger partial charge in [0.25, 0.3) is 0 Å². The maximum Gasteiger partial charge on any atom is 0.0733 e. The summed E-state index contributed by atoms with van der Waals surface area (Å²) in [6.45, 7) is 3.46. The van der Waals surface area contributed by atoms with Gasteiger partial charge in [-0.05, 0) is 37.1 Å². The van der Waals surface area contributed by atoms with Crippen LogP contribution >= 0.6 is 24.8 Å². The number of piperidine rings is 2. The molecule has 6 heteroatoms. The molecule has 2 fully saturated rings. The van der Waals surface area contributed by atoms with Gasteiger partial charge in [-0.15, -0.1) is 24.8 Å². The van der Waals surface area contributed by atoms with Crippen LogP contribution in [0.5, 0.6) is 0 Å². The van der Waals surface area contributed by atoms with Crippen molar-refractivity contribution in [3.63, 3.8) is 0 Å². The molecule has 0 spiro atoms. The first kappa shape index (κ1) is 24.9. The number of benzene rings is 2. The summed E-state index contributed by atoms with van der Waals surface area (Å²) in [5.74, 6) is 0.643. The minimum atomic E-state index is -0.226. The minimum absolute atomic E-state index is 0. The fraction of sp³-hybridized carbons (Fsp3) is 0.455. The highest BCUT2D eigenvalue weighted by atomic mass is 35.5. The average molecular weight is 427 g/mol. The van der Waals surface area contributed by atoms with Crippen molar-refractivity contribution in [2.45, 2.75) is 36.9 Å². The van der Waals surface area contributed by atoms with Gasteiger partial charge in [0.15, 0.2) is 0 Å². The fourth-order valence-electron chi connectivity index (χ4n) is 3.86. The first-order valence-corrected chi connectivity index (χ1v) is 9.63. The van der Waals surface area contributed by atoms with E-state index in [4.69, 9.17) is 0 Å². The zero-order valence-corrected chi connectivity index (χ0v) is 17.7. The number of aliphatic hydroxyl groups is 2. The summed E-state index contributed by atoms with van der Waals surface area (Å²) in [6, 6.07) is 20.5. The van der Waals surface area contributed by atoms with Gasteiger partial charge in [-0.3, -0.25) is 0 Å². The van der Waals surface area contributed by atoms with Gasteiger partial charge >= 0.3 is 0 Å². The molecule has 156 valence electrons. The summed E-state index contributed by atoms with van der Waals surface area (Å²) in [5.41, 5.74) is 2.52. The van der Waals surface area contributed by atoms with Crippen molar-refractivity contribution in [3.05, 3.63) is 71.8 Å². The molecule has 0 aliphatic carbocycles. The van der Waals surface area contributed by atoms with E-state index in [2.05, 4.69) is 34.9 Å². The topological polar surface area (TPSA) is 64.5 Å². The Morgan fingerprint density at radius 2 is 0.964 bits per heavy atom. The van der Waals surface area contributed by atoms with Crippen LogP contribution in [-0.2, 0) is 0 Å². The number of halogens is 2. The number of nitrogens with one attached hydrogen (secondary N) is 2. The molecule has 2 aromatic rings. The molecule has 2 aliphatic rings. The van der Waals surface area contributed by atoms with Crippen molar-refractivity contribution >= 4 is 24.8 Å². The van der Waals surface area contributed by atoms with Gasteiger partial charge < -0.3 is 20.8 Å². The summed E-state index contributed by atoms with van der Waals surface area (Å²) in [7, 11) is 0. The van der Waals surface area contributed by atoms with Crippen molar-refractivity contribution in [2.75, 3.05) is 26.2 Å². The number of β-amino-alcohol motifs (C(OH)–C–C–N with tert-alkyl or cyclic N) is 2. The van der Waals surface area contributed by atoms with Crippen molar-refractivity contribution in [3.8, 4) is 0 Å². The Kier molecular flexibility index (Phi) is 11.7. The van der Waals surface area contributed by atoms with Crippen LogP contribution in [0.15, 0.2) is 60.7 Å². The lowest BCUT2D eigenvalue weighted by molar-refractivity contribution is 0.118. The van der Waals surface area contributed by atoms with Gasteiger partial charge in [0, 0.05) is 24.9 Å².